The van der Waals surface area contributed by atoms with Crippen LogP contribution in [-0.2, 0) is 4.79 Å². The molecule has 1 aliphatic rings. The summed E-state index contributed by atoms with van der Waals surface area (Å²) in [6.45, 7) is 0.439. The second-order valence-corrected chi connectivity index (χ2v) is 12.0. The highest BCUT2D eigenvalue weighted by atomic mass is 35.5. The number of nitrogens with zero attached hydrogens (tertiary/aromatic N) is 5. The Bertz CT molecular complexity index is 1500. The summed E-state index contributed by atoms with van der Waals surface area (Å²) in [5, 5.41) is 17.3. The minimum absolute atomic E-state index is 0.0517. The molecule has 0 amide bonds. The van der Waals surface area contributed by atoms with Crippen molar-refractivity contribution in [3.8, 4) is 0 Å². The molecule has 2 aromatic rings. The number of carboxylic acid groups (broad SMARTS) is 1. The number of allylic oxidation sites excluding steroid dienone is 3. The Morgan fingerprint density at radius 1 is 0.864 bits per heavy atom. The first-order valence-electron chi connectivity index (χ1n) is 13.4. The van der Waals surface area contributed by atoms with Crippen LogP contribution in [0.15, 0.2) is 97.0 Å². The summed E-state index contributed by atoms with van der Waals surface area (Å²) in [6, 6.07) is 13.7. The van der Waals surface area contributed by atoms with Crippen molar-refractivity contribution in [2.45, 2.75) is 25.7 Å². The summed E-state index contributed by atoms with van der Waals surface area (Å²) < 4.78 is 0. The zero-order valence-corrected chi connectivity index (χ0v) is 26.1. The van der Waals surface area contributed by atoms with E-state index in [0.717, 1.165) is 12.8 Å². The second kappa shape index (κ2) is 17.6. The zero-order chi connectivity index (χ0) is 31.9. The monoisotopic (exact) mass is 657 g/mol. The van der Waals surface area contributed by atoms with Crippen molar-refractivity contribution in [2.75, 3.05) is 18.0 Å². The Kier molecular flexibility index (Phi) is 13.6. The van der Waals surface area contributed by atoms with Crippen molar-refractivity contribution in [3.05, 3.63) is 82.1 Å². The van der Waals surface area contributed by atoms with Crippen molar-refractivity contribution < 1.29 is 9.90 Å². The molecule has 0 aliphatic carbocycles. The van der Waals surface area contributed by atoms with Crippen LogP contribution in [0, 0.1) is 0 Å². The van der Waals surface area contributed by atoms with Crippen LogP contribution in [0.5, 0.6) is 0 Å². The number of carbonyl (C=O) groups is 1. The molecule has 0 fully saturated rings. The Labute approximate surface area is 266 Å². The minimum atomic E-state index is -1.24. The predicted octanol–water partition coefficient (Wildman–Crippen LogP) is 4.48. The molecule has 13 nitrogen and oxygen atoms in total. The lowest BCUT2D eigenvalue weighted by Gasteiger charge is -2.22. The highest BCUT2D eigenvalue weighted by Crippen LogP contribution is 2.43. The van der Waals surface area contributed by atoms with Crippen molar-refractivity contribution in [1.82, 2.24) is 5.09 Å². The van der Waals surface area contributed by atoms with Crippen molar-refractivity contribution in [1.29, 1.82) is 0 Å². The molecule has 11 N–H and O–H groups in total. The van der Waals surface area contributed by atoms with Crippen LogP contribution in [0.25, 0.3) is 0 Å². The summed E-state index contributed by atoms with van der Waals surface area (Å²) in [5.74, 6) is -0.550. The molecule has 44 heavy (non-hydrogen) atoms. The number of halogens is 2. The highest BCUT2D eigenvalue weighted by molar-refractivity contribution is 7.62. The molecule has 0 bridgehead atoms. The van der Waals surface area contributed by atoms with Gasteiger partial charge in [0, 0.05) is 42.9 Å². The number of unbranched alkanes of at least 4 members (excludes halogenated alkanes) is 2. The third-order valence-corrected chi connectivity index (χ3v) is 8.23. The maximum Gasteiger partial charge on any atom is 0.337 e. The lowest BCUT2D eigenvalue weighted by molar-refractivity contribution is -0.131. The number of carboxylic acids is 1. The van der Waals surface area contributed by atoms with E-state index in [4.69, 9.17) is 46.1 Å². The number of nitrogens with one attached hydrogen (secondary N) is 2. The van der Waals surface area contributed by atoms with Gasteiger partial charge < -0.3 is 38.4 Å². The number of aliphatic imine (C=N–C) groups is 5. The third-order valence-electron chi connectivity index (χ3n) is 5.70. The van der Waals surface area contributed by atoms with Crippen LogP contribution in [0.3, 0.4) is 0 Å². The van der Waals surface area contributed by atoms with Gasteiger partial charge in [0.25, 0.3) is 0 Å². The first kappa shape index (κ1) is 34.0. The van der Waals surface area contributed by atoms with Gasteiger partial charge in [-0.15, -0.1) is 0 Å². The summed E-state index contributed by atoms with van der Waals surface area (Å²) in [4.78, 5) is 32.7. The average molecular weight is 659 g/mol. The molecule has 1 atom stereocenters. The smallest absolute Gasteiger partial charge is 0.337 e. The number of hydrogen-bond acceptors (Lipinski definition) is 3. The SMILES string of the molecule is NC(=NCCCCCC(=NC(N)=NC(N)=Nc1ccc(Cl)cc1)NP1CC=CC=C1C(=O)O)N=C(N)Nc1ccc(Cl)cc1. The standard InChI is InChI=1S/C28H34Cl2N11O2P/c29-18-8-12-20(13-9-18)36-26(32)39-25(31)35-16-4-1-2-7-23(41-44-17-5-3-6-22(44)24(42)43)38-28(34)40-27(33)37-21-14-10-19(30)11-15-21/h3,5-6,8-15H,1-2,4,7,16-17H2,(H,42,43)(H5,31,32,35,36,39)(H5,33,34,37,38,40,41). The molecular weight excluding hydrogens is 624 g/mol. The van der Waals surface area contributed by atoms with Gasteiger partial charge in [-0.1, -0.05) is 41.8 Å². The summed E-state index contributed by atoms with van der Waals surface area (Å²) in [5.41, 5.74) is 25.1. The van der Waals surface area contributed by atoms with Gasteiger partial charge in [-0.3, -0.25) is 4.99 Å². The molecule has 232 valence electrons. The summed E-state index contributed by atoms with van der Waals surface area (Å²) in [7, 11) is -1.24. The van der Waals surface area contributed by atoms with Crippen LogP contribution in [0.1, 0.15) is 25.7 Å². The maximum atomic E-state index is 11.8. The molecule has 16 heteroatoms. The lowest BCUT2D eigenvalue weighted by atomic mass is 10.2. The molecule has 0 saturated carbocycles. The van der Waals surface area contributed by atoms with Gasteiger partial charge in [0.05, 0.1) is 11.0 Å². The Morgan fingerprint density at radius 3 is 2.23 bits per heavy atom. The molecule has 1 aliphatic heterocycles. The minimum Gasteiger partial charge on any atom is -0.478 e. The van der Waals surface area contributed by atoms with E-state index in [1.807, 2.05) is 6.08 Å². The van der Waals surface area contributed by atoms with Crippen LogP contribution < -0.4 is 33.3 Å². The van der Waals surface area contributed by atoms with Crippen molar-refractivity contribution >= 4 is 78.3 Å². The Hall–Kier alpha value is -4.45. The van der Waals surface area contributed by atoms with Gasteiger partial charge >= 0.3 is 5.97 Å². The first-order chi connectivity index (χ1) is 21.1. The molecule has 0 saturated heterocycles. The molecular formula is C28H34Cl2N11O2P. The molecule has 0 radical (unpaired) electrons. The first-order valence-corrected chi connectivity index (χ1v) is 15.7. The van der Waals surface area contributed by atoms with E-state index in [2.05, 4.69) is 35.4 Å². The number of aliphatic carboxylic acids is 1. The highest BCUT2D eigenvalue weighted by Gasteiger charge is 2.22. The van der Waals surface area contributed by atoms with Crippen molar-refractivity contribution in [3.63, 3.8) is 0 Å². The number of amidine groups is 1. The van der Waals surface area contributed by atoms with E-state index in [1.54, 1.807) is 60.7 Å². The normalized spacial score (nSPS) is 16.5. The van der Waals surface area contributed by atoms with E-state index in [0.29, 0.717) is 52.8 Å². The van der Waals surface area contributed by atoms with Crippen LogP contribution in [-0.4, -0.2) is 53.5 Å². The average Bonchev–Trinajstić information content (AvgIpc) is 2.97. The molecule has 1 unspecified atom stereocenters. The quantitative estimate of drug-likeness (QED) is 0.0831. The number of nitrogens with two attached hydrogens (primary N) is 4. The molecule has 2 aromatic carbocycles. The fourth-order valence-corrected chi connectivity index (χ4v) is 5.66. The van der Waals surface area contributed by atoms with Gasteiger partial charge in [0.2, 0.25) is 23.8 Å². The second-order valence-electron chi connectivity index (χ2n) is 9.16. The van der Waals surface area contributed by atoms with E-state index in [-0.39, 0.29) is 29.2 Å². The maximum absolute atomic E-state index is 11.8. The zero-order valence-electron chi connectivity index (χ0n) is 23.7. The van der Waals surface area contributed by atoms with Crippen LogP contribution in [0.2, 0.25) is 10.0 Å². The van der Waals surface area contributed by atoms with E-state index < -0.39 is 14.0 Å². The van der Waals surface area contributed by atoms with Gasteiger partial charge in [0.1, 0.15) is 5.84 Å². The third kappa shape index (κ3) is 12.4. The van der Waals surface area contributed by atoms with Crippen LogP contribution in [0.4, 0.5) is 11.4 Å². The molecule has 0 aromatic heterocycles. The lowest BCUT2D eigenvalue weighted by Crippen LogP contribution is -2.26. The summed E-state index contributed by atoms with van der Waals surface area (Å²) in [6.07, 6.45) is 8.42. The molecule has 0 spiro atoms. The van der Waals surface area contributed by atoms with Crippen LogP contribution >= 0.6 is 31.3 Å². The number of hydrogen-bond donors (Lipinski definition) is 7. The van der Waals surface area contributed by atoms with E-state index >= 15 is 0 Å². The Morgan fingerprint density at radius 2 is 1.55 bits per heavy atom. The van der Waals surface area contributed by atoms with Gasteiger partial charge in [-0.2, -0.15) is 9.98 Å². The number of anilines is 1. The predicted molar refractivity (Wildman–Crippen MR) is 183 cm³/mol. The molecule has 3 rings (SSSR count). The fraction of sp³-hybridized carbons (Fsp3) is 0.214. The Balaban J connectivity index is 1.59. The number of rotatable bonds is 10. The molecule has 1 heterocycles. The van der Waals surface area contributed by atoms with Gasteiger partial charge in [-0.25, -0.2) is 14.8 Å². The van der Waals surface area contributed by atoms with E-state index in [9.17, 15) is 9.90 Å². The fourth-order valence-electron chi connectivity index (χ4n) is 3.69. The van der Waals surface area contributed by atoms with E-state index in [1.165, 1.54) is 0 Å². The number of guanidine groups is 4. The summed E-state index contributed by atoms with van der Waals surface area (Å²) >= 11 is 11.8. The number of benzene rings is 2. The van der Waals surface area contributed by atoms with Gasteiger partial charge in [-0.05, 0) is 67.4 Å². The largest absolute Gasteiger partial charge is 0.478 e. The topological polar surface area (TPSA) is 227 Å². The van der Waals surface area contributed by atoms with Crippen molar-refractivity contribution in [2.24, 2.45) is 47.9 Å². The van der Waals surface area contributed by atoms with Gasteiger partial charge in [0.15, 0.2) is 0 Å².